The molecule has 0 bridgehead atoms. The molecule has 1 N–H and O–H groups in total. The van der Waals surface area contributed by atoms with Crippen LogP contribution in [0.3, 0.4) is 0 Å². The number of carbonyl (C=O) groups is 3. The second-order valence-electron chi connectivity index (χ2n) is 8.22. The van der Waals surface area contributed by atoms with E-state index < -0.39 is 41.4 Å². The lowest BCUT2D eigenvalue weighted by Gasteiger charge is -2.32. The molecule has 2 atom stereocenters. The second-order valence-corrected chi connectivity index (χ2v) is 9.00. The first-order valence-corrected chi connectivity index (χ1v) is 9.58. The molecule has 7 nitrogen and oxygen atoms in total. The number of nitrogens with one attached hydrogen (secondary N) is 1. The normalized spacial score (nSPS) is 18.4. The van der Waals surface area contributed by atoms with Crippen LogP contribution in [0, 0.1) is 0 Å². The van der Waals surface area contributed by atoms with Crippen molar-refractivity contribution >= 4 is 29.4 Å². The molecular formula is C19H26N2O5S. The zero-order valence-corrected chi connectivity index (χ0v) is 17.3. The Labute approximate surface area is 163 Å². The van der Waals surface area contributed by atoms with Crippen molar-refractivity contribution in [2.75, 3.05) is 0 Å². The van der Waals surface area contributed by atoms with Crippen LogP contribution in [0.4, 0.5) is 9.59 Å². The van der Waals surface area contributed by atoms with Crippen LogP contribution >= 0.6 is 11.3 Å². The number of amides is 3. The van der Waals surface area contributed by atoms with E-state index in [0.717, 1.165) is 10.5 Å². The van der Waals surface area contributed by atoms with Gasteiger partial charge in [0, 0.05) is 6.08 Å². The third-order valence-corrected chi connectivity index (χ3v) is 4.18. The largest absolute Gasteiger partial charge is 0.444 e. The zero-order chi connectivity index (χ0) is 20.4. The summed E-state index contributed by atoms with van der Waals surface area (Å²) in [6.07, 6.45) is 1.51. The molecule has 0 spiro atoms. The van der Waals surface area contributed by atoms with Gasteiger partial charge in [0.2, 0.25) is 0 Å². The lowest BCUT2D eigenvalue weighted by atomic mass is 10.0. The average molecular weight is 394 g/mol. The number of carbonyl (C=O) groups excluding carboxylic acids is 3. The molecule has 27 heavy (non-hydrogen) atoms. The lowest BCUT2D eigenvalue weighted by Crippen LogP contribution is -2.49. The zero-order valence-electron chi connectivity index (χ0n) is 16.4. The van der Waals surface area contributed by atoms with Crippen LogP contribution < -0.4 is 5.32 Å². The third kappa shape index (κ3) is 5.82. The summed E-state index contributed by atoms with van der Waals surface area (Å²) in [5.41, 5.74) is -0.653. The van der Waals surface area contributed by atoms with E-state index in [9.17, 15) is 14.4 Å². The van der Waals surface area contributed by atoms with Crippen molar-refractivity contribution in [3.63, 3.8) is 0 Å². The number of alkyl carbamates (subject to hydrolysis) is 1. The number of thiophene rings is 1. The molecule has 148 valence electrons. The summed E-state index contributed by atoms with van der Waals surface area (Å²) in [7, 11) is 0. The standard InChI is InChI=1S/C19H26N2O5S/c1-18(2,3)25-16(23)20-15(12-9-10-27-11-12)13-7-8-14(22)21(13)17(24)26-19(4,5)6/h7-11,13,15H,1-6H3,(H,20,23)/t13-,15-/m1/s1. The summed E-state index contributed by atoms with van der Waals surface area (Å²) >= 11 is 1.45. The molecule has 0 saturated carbocycles. The highest BCUT2D eigenvalue weighted by Gasteiger charge is 2.41. The van der Waals surface area contributed by atoms with Gasteiger partial charge >= 0.3 is 12.2 Å². The second kappa shape index (κ2) is 7.72. The summed E-state index contributed by atoms with van der Waals surface area (Å²) in [6.45, 7) is 10.5. The molecule has 3 amide bonds. The van der Waals surface area contributed by atoms with Crippen molar-refractivity contribution in [3.8, 4) is 0 Å². The Morgan fingerprint density at radius 2 is 1.78 bits per heavy atom. The Bertz CT molecular complexity index is 728. The molecule has 0 saturated heterocycles. The topological polar surface area (TPSA) is 84.9 Å². The number of hydrogen-bond donors (Lipinski definition) is 1. The first-order chi connectivity index (χ1) is 12.4. The molecule has 1 aliphatic rings. The van der Waals surface area contributed by atoms with Gasteiger partial charge in [-0.2, -0.15) is 11.3 Å². The van der Waals surface area contributed by atoms with Crippen LogP contribution in [-0.2, 0) is 14.3 Å². The van der Waals surface area contributed by atoms with Crippen LogP contribution in [0.5, 0.6) is 0 Å². The highest BCUT2D eigenvalue weighted by atomic mass is 32.1. The molecule has 1 aromatic rings. The Morgan fingerprint density at radius 3 is 2.30 bits per heavy atom. The fourth-order valence-corrected chi connectivity index (χ4v) is 3.23. The minimum Gasteiger partial charge on any atom is -0.444 e. The summed E-state index contributed by atoms with van der Waals surface area (Å²) in [4.78, 5) is 38.2. The predicted molar refractivity (Wildman–Crippen MR) is 102 cm³/mol. The maximum Gasteiger partial charge on any atom is 0.417 e. The molecule has 0 fully saturated rings. The minimum atomic E-state index is -0.756. The lowest BCUT2D eigenvalue weighted by molar-refractivity contribution is -0.125. The smallest absolute Gasteiger partial charge is 0.417 e. The molecule has 0 aromatic carbocycles. The van der Waals surface area contributed by atoms with Crippen LogP contribution in [-0.4, -0.2) is 40.2 Å². The SMILES string of the molecule is CC(C)(C)OC(=O)N[C@H](c1ccsc1)[C@H]1C=CC(=O)N1C(=O)OC(C)(C)C. The number of nitrogens with zero attached hydrogens (tertiary/aromatic N) is 1. The molecular weight excluding hydrogens is 368 g/mol. The first-order valence-electron chi connectivity index (χ1n) is 8.63. The van der Waals surface area contributed by atoms with E-state index >= 15 is 0 Å². The van der Waals surface area contributed by atoms with Crippen LogP contribution in [0.15, 0.2) is 29.0 Å². The van der Waals surface area contributed by atoms with E-state index in [0.29, 0.717) is 0 Å². The molecule has 0 unspecified atom stereocenters. The molecule has 2 rings (SSSR count). The number of imide groups is 1. The molecule has 2 heterocycles. The van der Waals surface area contributed by atoms with Crippen molar-refractivity contribution in [2.45, 2.75) is 64.8 Å². The van der Waals surface area contributed by atoms with E-state index in [-0.39, 0.29) is 0 Å². The van der Waals surface area contributed by atoms with Gasteiger partial charge in [-0.1, -0.05) is 6.08 Å². The third-order valence-electron chi connectivity index (χ3n) is 3.48. The van der Waals surface area contributed by atoms with Crippen LogP contribution in [0.2, 0.25) is 0 Å². The Hall–Kier alpha value is -2.35. The van der Waals surface area contributed by atoms with Gasteiger partial charge < -0.3 is 14.8 Å². The van der Waals surface area contributed by atoms with Crippen LogP contribution in [0.25, 0.3) is 0 Å². The molecule has 0 radical (unpaired) electrons. The first kappa shape index (κ1) is 21.0. The summed E-state index contributed by atoms with van der Waals surface area (Å²) < 4.78 is 10.7. The van der Waals surface area contributed by atoms with Gasteiger partial charge in [-0.15, -0.1) is 0 Å². The van der Waals surface area contributed by atoms with Gasteiger partial charge in [0.1, 0.15) is 11.2 Å². The molecule has 1 aromatic heterocycles. The summed E-state index contributed by atoms with van der Waals surface area (Å²) in [5.74, 6) is -0.486. The number of rotatable bonds is 3. The summed E-state index contributed by atoms with van der Waals surface area (Å²) in [6, 6.07) is 0.465. The fraction of sp³-hybridized carbons (Fsp3) is 0.526. The Balaban J connectivity index is 2.28. The molecule has 8 heteroatoms. The van der Waals surface area contributed by atoms with Crippen molar-refractivity contribution in [3.05, 3.63) is 34.5 Å². The maximum atomic E-state index is 12.6. The van der Waals surface area contributed by atoms with Gasteiger partial charge in [-0.05, 0) is 63.9 Å². The van der Waals surface area contributed by atoms with Gasteiger partial charge in [0.05, 0.1) is 12.1 Å². The maximum absolute atomic E-state index is 12.6. The van der Waals surface area contributed by atoms with Crippen molar-refractivity contribution < 1.29 is 23.9 Å². The highest BCUT2D eigenvalue weighted by molar-refractivity contribution is 7.08. The van der Waals surface area contributed by atoms with Crippen molar-refractivity contribution in [1.82, 2.24) is 10.2 Å². The van der Waals surface area contributed by atoms with Crippen molar-refractivity contribution in [2.24, 2.45) is 0 Å². The van der Waals surface area contributed by atoms with Gasteiger partial charge in [0.15, 0.2) is 0 Å². The Morgan fingerprint density at radius 1 is 1.15 bits per heavy atom. The fourth-order valence-electron chi connectivity index (χ4n) is 2.53. The monoisotopic (exact) mass is 394 g/mol. The molecule has 0 aliphatic carbocycles. The van der Waals surface area contributed by atoms with Gasteiger partial charge in [-0.25, -0.2) is 14.5 Å². The quantitative estimate of drug-likeness (QED) is 0.837. The minimum absolute atomic E-state index is 0.486. The van der Waals surface area contributed by atoms with E-state index in [2.05, 4.69) is 5.32 Å². The Kier molecular flexibility index (Phi) is 5.99. The van der Waals surface area contributed by atoms with Gasteiger partial charge in [0.25, 0.3) is 5.91 Å². The summed E-state index contributed by atoms with van der Waals surface area (Å²) in [5, 5.41) is 6.49. The van der Waals surface area contributed by atoms with E-state index in [4.69, 9.17) is 9.47 Å². The van der Waals surface area contributed by atoms with Gasteiger partial charge in [-0.3, -0.25) is 4.79 Å². The highest BCUT2D eigenvalue weighted by Crippen LogP contribution is 2.29. The van der Waals surface area contributed by atoms with Crippen molar-refractivity contribution in [1.29, 1.82) is 0 Å². The van der Waals surface area contributed by atoms with E-state index in [1.54, 1.807) is 47.6 Å². The number of ether oxygens (including phenoxy) is 2. The molecule has 1 aliphatic heterocycles. The predicted octanol–water partition coefficient (Wildman–Crippen LogP) is 4.02. The average Bonchev–Trinajstić information content (AvgIpc) is 3.10. The number of hydrogen-bond acceptors (Lipinski definition) is 6. The van der Waals surface area contributed by atoms with Crippen LogP contribution in [0.1, 0.15) is 53.1 Å². The van der Waals surface area contributed by atoms with E-state index in [1.165, 1.54) is 17.4 Å². The van der Waals surface area contributed by atoms with E-state index in [1.807, 2.05) is 16.8 Å².